The number of nitrogens with two attached hydrogens (primary N) is 1. The first-order valence-electron chi connectivity index (χ1n) is 5.29. The third-order valence-electron chi connectivity index (χ3n) is 2.18. The maximum absolute atomic E-state index is 11.6. The van der Waals surface area contributed by atoms with Gasteiger partial charge in [0.25, 0.3) is 0 Å². The Morgan fingerprint density at radius 3 is 2.73 bits per heavy atom. The van der Waals surface area contributed by atoms with Crippen LogP contribution in [0.25, 0.3) is 0 Å². The largest absolute Gasteiger partial charge is 0.355 e. The summed E-state index contributed by atoms with van der Waals surface area (Å²) in [5.74, 6) is 2.17. The number of carbonyl (C=O) groups excluding carboxylic acids is 1. The first-order chi connectivity index (χ1) is 7.13. The number of amides is 1. The monoisotopic (exact) mass is 230 g/mol. The lowest BCUT2D eigenvalue weighted by Gasteiger charge is -2.17. The van der Waals surface area contributed by atoms with Gasteiger partial charge in [-0.25, -0.2) is 0 Å². The minimum absolute atomic E-state index is 0.0607. The molecule has 1 amide bonds. The second kappa shape index (κ2) is 8.80. The van der Waals surface area contributed by atoms with Gasteiger partial charge in [-0.3, -0.25) is 4.79 Å². The molecular weight excluding hydrogens is 208 g/mol. The Kier molecular flexibility index (Phi) is 8.52. The molecule has 0 fully saturated rings. The molecule has 0 aromatic carbocycles. The summed E-state index contributed by atoms with van der Waals surface area (Å²) in [6.45, 7) is 8.80. The molecule has 3 N–H and O–H groups in total. The predicted octanol–water partition coefficient (Wildman–Crippen LogP) is 1.25. The lowest BCUT2D eigenvalue weighted by Crippen LogP contribution is -2.38. The van der Waals surface area contributed by atoms with Crippen molar-refractivity contribution in [1.82, 2.24) is 5.32 Å². The maximum Gasteiger partial charge on any atom is 0.224 e. The molecule has 15 heavy (non-hydrogen) atoms. The number of thioether (sulfide) groups is 1. The first kappa shape index (κ1) is 14.5. The Morgan fingerprint density at radius 1 is 1.60 bits per heavy atom. The summed E-state index contributed by atoms with van der Waals surface area (Å²) >= 11 is 1.76. The van der Waals surface area contributed by atoms with Crippen molar-refractivity contribution in [3.8, 4) is 0 Å². The highest BCUT2D eigenvalue weighted by atomic mass is 32.2. The van der Waals surface area contributed by atoms with Crippen molar-refractivity contribution in [2.24, 2.45) is 17.6 Å². The molecule has 1 unspecified atom stereocenters. The number of hydrogen-bond acceptors (Lipinski definition) is 3. The van der Waals surface area contributed by atoms with Crippen LogP contribution in [0.2, 0.25) is 0 Å². The van der Waals surface area contributed by atoms with Crippen LogP contribution < -0.4 is 11.1 Å². The van der Waals surface area contributed by atoms with Crippen molar-refractivity contribution in [2.75, 3.05) is 24.6 Å². The fraction of sp³-hybridized carbons (Fsp3) is 0.727. The molecule has 0 aliphatic heterocycles. The van der Waals surface area contributed by atoms with E-state index >= 15 is 0 Å². The molecule has 88 valence electrons. The molecular formula is C11H22N2OS. The Morgan fingerprint density at radius 2 is 2.27 bits per heavy atom. The normalized spacial score (nSPS) is 12.5. The van der Waals surface area contributed by atoms with E-state index in [0.717, 1.165) is 11.5 Å². The van der Waals surface area contributed by atoms with Crippen LogP contribution in [0.4, 0.5) is 0 Å². The summed E-state index contributed by atoms with van der Waals surface area (Å²) < 4.78 is 0. The summed E-state index contributed by atoms with van der Waals surface area (Å²) in [4.78, 5) is 11.6. The molecule has 1 atom stereocenters. The van der Waals surface area contributed by atoms with Crippen LogP contribution in [-0.4, -0.2) is 30.5 Å². The summed E-state index contributed by atoms with van der Waals surface area (Å²) in [6, 6.07) is 0. The van der Waals surface area contributed by atoms with Gasteiger partial charge < -0.3 is 11.1 Å². The lowest BCUT2D eigenvalue weighted by atomic mass is 9.95. The lowest BCUT2D eigenvalue weighted by molar-refractivity contribution is -0.125. The summed E-state index contributed by atoms with van der Waals surface area (Å²) in [6.07, 6.45) is 1.86. The summed E-state index contributed by atoms with van der Waals surface area (Å²) in [5, 5.41) is 2.90. The van der Waals surface area contributed by atoms with E-state index < -0.39 is 0 Å². The van der Waals surface area contributed by atoms with Crippen molar-refractivity contribution in [1.29, 1.82) is 0 Å². The molecule has 0 aromatic rings. The zero-order valence-electron chi connectivity index (χ0n) is 9.66. The van der Waals surface area contributed by atoms with Gasteiger partial charge in [0.15, 0.2) is 0 Å². The average Bonchev–Trinajstić information content (AvgIpc) is 2.18. The molecule has 0 spiro atoms. The van der Waals surface area contributed by atoms with E-state index in [9.17, 15) is 4.79 Å². The highest BCUT2D eigenvalue weighted by Crippen LogP contribution is 2.08. The number of carbonyl (C=O) groups is 1. The van der Waals surface area contributed by atoms with Crippen LogP contribution >= 0.6 is 11.8 Å². The van der Waals surface area contributed by atoms with Crippen LogP contribution in [0.1, 0.15) is 13.8 Å². The highest BCUT2D eigenvalue weighted by Gasteiger charge is 2.19. The van der Waals surface area contributed by atoms with Gasteiger partial charge in [0.05, 0.1) is 5.92 Å². The Bertz CT molecular complexity index is 195. The molecule has 3 nitrogen and oxygen atoms in total. The van der Waals surface area contributed by atoms with Gasteiger partial charge in [-0.05, 0) is 5.92 Å². The van der Waals surface area contributed by atoms with Gasteiger partial charge in [-0.1, -0.05) is 19.9 Å². The van der Waals surface area contributed by atoms with E-state index in [1.165, 1.54) is 0 Å². The quantitative estimate of drug-likeness (QED) is 0.487. The first-order valence-corrected chi connectivity index (χ1v) is 6.45. The van der Waals surface area contributed by atoms with Gasteiger partial charge in [-0.2, -0.15) is 11.8 Å². The van der Waals surface area contributed by atoms with Gasteiger partial charge in [0.1, 0.15) is 0 Å². The van der Waals surface area contributed by atoms with E-state index in [-0.39, 0.29) is 11.8 Å². The molecule has 0 saturated heterocycles. The molecule has 0 bridgehead atoms. The maximum atomic E-state index is 11.6. The standard InChI is InChI=1S/C11H22N2OS/c1-4-6-15-7-5-13-11(14)10(8-12)9(2)3/h4,9-10H,1,5-8,12H2,2-3H3,(H,13,14). The van der Waals surface area contributed by atoms with Crippen LogP contribution in [0.3, 0.4) is 0 Å². The minimum atomic E-state index is -0.0607. The van der Waals surface area contributed by atoms with Crippen LogP contribution in [0.5, 0.6) is 0 Å². The molecule has 0 radical (unpaired) electrons. The zero-order valence-corrected chi connectivity index (χ0v) is 10.5. The third-order valence-corrected chi connectivity index (χ3v) is 3.14. The van der Waals surface area contributed by atoms with E-state index in [1.807, 2.05) is 19.9 Å². The van der Waals surface area contributed by atoms with Gasteiger partial charge in [-0.15, -0.1) is 6.58 Å². The van der Waals surface area contributed by atoms with Crippen molar-refractivity contribution in [3.05, 3.63) is 12.7 Å². The summed E-state index contributed by atoms with van der Waals surface area (Å²) in [7, 11) is 0. The second-order valence-electron chi connectivity index (χ2n) is 3.74. The van der Waals surface area contributed by atoms with Crippen molar-refractivity contribution >= 4 is 17.7 Å². The van der Waals surface area contributed by atoms with Gasteiger partial charge >= 0.3 is 0 Å². The van der Waals surface area contributed by atoms with E-state index in [0.29, 0.717) is 19.0 Å². The highest BCUT2D eigenvalue weighted by molar-refractivity contribution is 7.99. The van der Waals surface area contributed by atoms with Crippen LogP contribution in [0.15, 0.2) is 12.7 Å². The number of nitrogens with one attached hydrogen (secondary N) is 1. The zero-order chi connectivity index (χ0) is 11.7. The predicted molar refractivity (Wildman–Crippen MR) is 67.9 cm³/mol. The molecule has 0 rings (SSSR count). The minimum Gasteiger partial charge on any atom is -0.355 e. The number of rotatable bonds is 8. The topological polar surface area (TPSA) is 55.1 Å². The second-order valence-corrected chi connectivity index (χ2v) is 4.89. The van der Waals surface area contributed by atoms with Crippen LogP contribution in [0, 0.1) is 11.8 Å². The Labute approximate surface area is 96.9 Å². The Balaban J connectivity index is 3.67. The SMILES string of the molecule is C=CCSCCNC(=O)C(CN)C(C)C. The molecule has 0 aliphatic carbocycles. The van der Waals surface area contributed by atoms with Gasteiger partial charge in [0.2, 0.25) is 5.91 Å². The summed E-state index contributed by atoms with van der Waals surface area (Å²) in [5.41, 5.74) is 5.55. The Hall–Kier alpha value is -0.480. The number of hydrogen-bond donors (Lipinski definition) is 2. The van der Waals surface area contributed by atoms with Crippen LogP contribution in [-0.2, 0) is 4.79 Å². The van der Waals surface area contributed by atoms with Crippen molar-refractivity contribution < 1.29 is 4.79 Å². The smallest absolute Gasteiger partial charge is 0.224 e. The van der Waals surface area contributed by atoms with Gasteiger partial charge in [0, 0.05) is 24.6 Å². The molecule has 0 heterocycles. The molecule has 0 aliphatic rings. The molecule has 0 aromatic heterocycles. The van der Waals surface area contributed by atoms with E-state index in [2.05, 4.69) is 11.9 Å². The fourth-order valence-corrected chi connectivity index (χ4v) is 1.81. The van der Waals surface area contributed by atoms with E-state index in [1.54, 1.807) is 11.8 Å². The fourth-order valence-electron chi connectivity index (χ4n) is 1.23. The average molecular weight is 230 g/mol. The van der Waals surface area contributed by atoms with E-state index in [4.69, 9.17) is 5.73 Å². The molecule has 4 heteroatoms. The third kappa shape index (κ3) is 6.57. The van der Waals surface area contributed by atoms with Crippen molar-refractivity contribution in [3.63, 3.8) is 0 Å². The molecule has 0 saturated carbocycles. The van der Waals surface area contributed by atoms with Crippen molar-refractivity contribution in [2.45, 2.75) is 13.8 Å².